The van der Waals surface area contributed by atoms with Crippen LogP contribution in [0, 0.1) is 12.8 Å². The predicted octanol–water partition coefficient (Wildman–Crippen LogP) is 4.40. The summed E-state index contributed by atoms with van der Waals surface area (Å²) in [4.78, 5) is 12.6. The van der Waals surface area contributed by atoms with E-state index >= 15 is 0 Å². The van der Waals surface area contributed by atoms with Gasteiger partial charge in [0.05, 0.1) is 36.8 Å². The summed E-state index contributed by atoms with van der Waals surface area (Å²) in [6.07, 6.45) is 2.42. The molecule has 1 atom stereocenters. The molecule has 0 spiro atoms. The number of hydrogen-bond donors (Lipinski definition) is 1. The van der Waals surface area contributed by atoms with E-state index in [-0.39, 0.29) is 23.6 Å². The van der Waals surface area contributed by atoms with Crippen LogP contribution in [0.2, 0.25) is 0 Å². The zero-order valence-electron chi connectivity index (χ0n) is 17.7. The van der Waals surface area contributed by atoms with Crippen LogP contribution < -0.4 is 14.8 Å². The van der Waals surface area contributed by atoms with Crippen LogP contribution in [-0.2, 0) is 4.79 Å². The van der Waals surface area contributed by atoms with Gasteiger partial charge in [0.1, 0.15) is 5.76 Å². The van der Waals surface area contributed by atoms with Crippen LogP contribution in [0.25, 0.3) is 11.5 Å². The maximum absolute atomic E-state index is 12.6. The number of hydrogen-bond acceptors (Lipinski definition) is 8. The van der Waals surface area contributed by atoms with Gasteiger partial charge in [0, 0.05) is 6.42 Å². The molecule has 1 aromatic carbocycles. The molecule has 2 aromatic heterocycles. The Labute approximate surface area is 184 Å². The van der Waals surface area contributed by atoms with Crippen molar-refractivity contribution in [1.82, 2.24) is 15.5 Å². The van der Waals surface area contributed by atoms with Crippen molar-refractivity contribution in [1.29, 1.82) is 0 Å². The van der Waals surface area contributed by atoms with Crippen LogP contribution in [0.3, 0.4) is 0 Å². The van der Waals surface area contributed by atoms with Gasteiger partial charge in [-0.3, -0.25) is 4.79 Å². The van der Waals surface area contributed by atoms with Crippen molar-refractivity contribution < 1.29 is 23.1 Å². The molecule has 31 heavy (non-hydrogen) atoms. The van der Waals surface area contributed by atoms with E-state index in [1.54, 1.807) is 12.3 Å². The Balaban J connectivity index is 1.39. The lowest BCUT2D eigenvalue weighted by molar-refractivity contribution is -0.119. The van der Waals surface area contributed by atoms with E-state index in [1.807, 2.05) is 25.1 Å². The number of fused-ring (bicyclic) bond motifs is 1. The first-order valence-corrected chi connectivity index (χ1v) is 11.2. The van der Waals surface area contributed by atoms with Crippen molar-refractivity contribution in [2.24, 2.45) is 5.92 Å². The van der Waals surface area contributed by atoms with Crippen LogP contribution >= 0.6 is 11.8 Å². The van der Waals surface area contributed by atoms with Crippen LogP contribution in [0.4, 0.5) is 0 Å². The molecule has 1 aliphatic heterocycles. The third-order valence-electron chi connectivity index (χ3n) is 4.94. The monoisotopic (exact) mass is 443 g/mol. The number of ether oxygens (including phenoxy) is 2. The molecule has 9 heteroatoms. The predicted molar refractivity (Wildman–Crippen MR) is 115 cm³/mol. The zero-order chi connectivity index (χ0) is 21.8. The third-order valence-corrected chi connectivity index (χ3v) is 5.75. The van der Waals surface area contributed by atoms with Gasteiger partial charge in [-0.15, -0.1) is 10.2 Å². The molecule has 0 aliphatic carbocycles. The number of aromatic nitrogens is 2. The number of aryl methyl sites for hydroxylation is 1. The Hall–Kier alpha value is -2.94. The van der Waals surface area contributed by atoms with Crippen LogP contribution in [0.5, 0.6) is 11.5 Å². The second-order valence-corrected chi connectivity index (χ2v) is 8.52. The Morgan fingerprint density at radius 3 is 2.71 bits per heavy atom. The van der Waals surface area contributed by atoms with Crippen molar-refractivity contribution in [2.75, 3.05) is 19.0 Å². The second kappa shape index (κ2) is 9.47. The van der Waals surface area contributed by atoms with Gasteiger partial charge in [-0.05, 0) is 36.6 Å². The summed E-state index contributed by atoms with van der Waals surface area (Å²) in [7, 11) is 0. The summed E-state index contributed by atoms with van der Waals surface area (Å²) in [6.45, 7) is 7.23. The smallest absolute Gasteiger partial charge is 0.277 e. The number of thioether (sulfide) groups is 1. The van der Waals surface area contributed by atoms with Crippen LogP contribution in [0.15, 0.2) is 44.6 Å². The number of rotatable bonds is 7. The summed E-state index contributed by atoms with van der Waals surface area (Å²) < 4.78 is 22.4. The molecule has 4 rings (SSSR count). The fraction of sp³-hybridized carbons (Fsp3) is 0.409. The first-order chi connectivity index (χ1) is 15.0. The summed E-state index contributed by atoms with van der Waals surface area (Å²) in [5.74, 6) is 2.78. The van der Waals surface area contributed by atoms with Crippen molar-refractivity contribution >= 4 is 17.7 Å². The molecule has 0 saturated heterocycles. The number of carbonyl (C=O) groups is 1. The maximum atomic E-state index is 12.6. The zero-order valence-corrected chi connectivity index (χ0v) is 18.5. The number of carbonyl (C=O) groups excluding carboxylic acids is 1. The number of nitrogens with one attached hydrogen (secondary N) is 1. The van der Waals surface area contributed by atoms with Gasteiger partial charge in [-0.2, -0.15) is 0 Å². The quantitative estimate of drug-likeness (QED) is 0.536. The fourth-order valence-electron chi connectivity index (χ4n) is 3.33. The summed E-state index contributed by atoms with van der Waals surface area (Å²) >= 11 is 1.20. The Morgan fingerprint density at radius 1 is 1.16 bits per heavy atom. The molecular formula is C22H25N3O5S. The van der Waals surface area contributed by atoms with E-state index in [0.717, 1.165) is 29.0 Å². The SMILES string of the molecule is Cc1occc1-c1nnc(SCC(=O)N[C@H](c2ccc3c(c2)OCCCO3)C(C)C)o1. The first-order valence-electron chi connectivity index (χ1n) is 10.2. The highest BCUT2D eigenvalue weighted by Crippen LogP contribution is 2.34. The fourth-order valence-corrected chi connectivity index (χ4v) is 3.91. The first kappa shape index (κ1) is 21.3. The minimum absolute atomic E-state index is 0.116. The standard InChI is InChI=1S/C22H25N3O5S/c1-13(2)20(15-5-6-17-18(11-15)29-9-4-8-28-17)23-19(26)12-31-22-25-24-21(30-22)16-7-10-27-14(16)3/h5-7,10-11,13,20H,4,8-9,12H2,1-3H3,(H,23,26)/t20-/m0/s1. The molecular weight excluding hydrogens is 418 g/mol. The van der Waals surface area contributed by atoms with Crippen molar-refractivity contribution in [3.8, 4) is 23.0 Å². The number of nitrogens with zero attached hydrogens (tertiary/aromatic N) is 2. The van der Waals surface area contributed by atoms with Crippen molar-refractivity contribution in [3.63, 3.8) is 0 Å². The molecule has 1 amide bonds. The summed E-state index contributed by atoms with van der Waals surface area (Å²) in [6, 6.07) is 7.45. The molecule has 0 unspecified atom stereocenters. The maximum Gasteiger partial charge on any atom is 0.277 e. The van der Waals surface area contributed by atoms with E-state index in [2.05, 4.69) is 29.4 Å². The molecule has 3 aromatic rings. The Bertz CT molecular complexity index is 1050. The van der Waals surface area contributed by atoms with Crippen molar-refractivity contribution in [2.45, 2.75) is 38.5 Å². The van der Waals surface area contributed by atoms with Gasteiger partial charge in [0.25, 0.3) is 11.1 Å². The molecule has 8 nitrogen and oxygen atoms in total. The molecule has 0 bridgehead atoms. The van der Waals surface area contributed by atoms with Gasteiger partial charge in [0.15, 0.2) is 11.5 Å². The van der Waals surface area contributed by atoms with Crippen LogP contribution in [-0.4, -0.2) is 35.1 Å². The molecule has 0 fully saturated rings. The van der Waals surface area contributed by atoms with Crippen molar-refractivity contribution in [3.05, 3.63) is 41.9 Å². The lowest BCUT2D eigenvalue weighted by Gasteiger charge is -2.23. The van der Waals surface area contributed by atoms with Gasteiger partial charge < -0.3 is 23.6 Å². The number of amides is 1. The van der Waals surface area contributed by atoms with E-state index in [0.29, 0.717) is 30.1 Å². The highest BCUT2D eigenvalue weighted by atomic mass is 32.2. The van der Waals surface area contributed by atoms with E-state index < -0.39 is 0 Å². The van der Waals surface area contributed by atoms with E-state index in [1.165, 1.54) is 11.8 Å². The number of furan rings is 1. The lowest BCUT2D eigenvalue weighted by Crippen LogP contribution is -2.33. The third kappa shape index (κ3) is 5.04. The lowest BCUT2D eigenvalue weighted by atomic mass is 9.95. The summed E-state index contributed by atoms with van der Waals surface area (Å²) in [5, 5.41) is 11.5. The topological polar surface area (TPSA) is 99.6 Å². The molecule has 1 aliphatic rings. The average Bonchev–Trinajstić information content (AvgIpc) is 3.32. The normalized spacial score (nSPS) is 14.3. The minimum Gasteiger partial charge on any atom is -0.490 e. The van der Waals surface area contributed by atoms with Gasteiger partial charge in [-0.1, -0.05) is 31.7 Å². The molecule has 164 valence electrons. The highest BCUT2D eigenvalue weighted by molar-refractivity contribution is 7.99. The summed E-state index contributed by atoms with van der Waals surface area (Å²) in [5.41, 5.74) is 1.73. The van der Waals surface area contributed by atoms with E-state index in [9.17, 15) is 4.79 Å². The highest BCUT2D eigenvalue weighted by Gasteiger charge is 2.22. The molecule has 0 saturated carbocycles. The molecule has 3 heterocycles. The largest absolute Gasteiger partial charge is 0.490 e. The molecule has 1 N–H and O–H groups in total. The Morgan fingerprint density at radius 2 is 1.97 bits per heavy atom. The van der Waals surface area contributed by atoms with Gasteiger partial charge in [0.2, 0.25) is 5.91 Å². The number of benzene rings is 1. The van der Waals surface area contributed by atoms with Gasteiger partial charge in [-0.25, -0.2) is 0 Å². The van der Waals surface area contributed by atoms with E-state index in [4.69, 9.17) is 18.3 Å². The molecule has 0 radical (unpaired) electrons. The average molecular weight is 444 g/mol. The Kier molecular flexibility index (Phi) is 6.50. The minimum atomic E-state index is -0.155. The second-order valence-electron chi connectivity index (χ2n) is 7.60. The van der Waals surface area contributed by atoms with Gasteiger partial charge >= 0.3 is 0 Å². The van der Waals surface area contributed by atoms with Crippen LogP contribution in [0.1, 0.15) is 37.6 Å².